The van der Waals surface area contributed by atoms with Crippen molar-refractivity contribution in [2.45, 2.75) is 19.8 Å². The standard InChI is InChI=1S/C15H18N4O2/c1-11-3-2-4-12(7-11)19-8-13(17-18-19)14(21)16-9-15(10-20)5-6-15/h2-4,7-8,20H,5-6,9-10H2,1H3,(H,16,21). The molecule has 1 heterocycles. The number of hydrogen-bond donors (Lipinski definition) is 2. The number of aromatic nitrogens is 3. The number of nitrogens with zero attached hydrogens (tertiary/aromatic N) is 3. The van der Waals surface area contributed by atoms with E-state index < -0.39 is 0 Å². The molecule has 3 rings (SSSR count). The first kappa shape index (κ1) is 13.8. The second-order valence-corrected chi connectivity index (χ2v) is 5.73. The van der Waals surface area contributed by atoms with E-state index in [1.165, 1.54) is 0 Å². The highest BCUT2D eigenvalue weighted by Crippen LogP contribution is 2.44. The van der Waals surface area contributed by atoms with Crippen molar-refractivity contribution in [1.82, 2.24) is 20.3 Å². The van der Waals surface area contributed by atoms with E-state index in [0.717, 1.165) is 24.1 Å². The van der Waals surface area contributed by atoms with Gasteiger partial charge >= 0.3 is 0 Å². The summed E-state index contributed by atoms with van der Waals surface area (Å²) < 4.78 is 1.58. The van der Waals surface area contributed by atoms with Crippen LogP contribution in [0.1, 0.15) is 28.9 Å². The Bertz CT molecular complexity index is 661. The van der Waals surface area contributed by atoms with Gasteiger partial charge in [-0.1, -0.05) is 17.3 Å². The fourth-order valence-corrected chi connectivity index (χ4v) is 2.19. The number of benzene rings is 1. The van der Waals surface area contributed by atoms with Crippen molar-refractivity contribution in [2.75, 3.05) is 13.2 Å². The molecule has 1 fully saturated rings. The third kappa shape index (κ3) is 2.95. The predicted molar refractivity (Wildman–Crippen MR) is 77.2 cm³/mol. The minimum Gasteiger partial charge on any atom is -0.396 e. The maximum absolute atomic E-state index is 12.0. The maximum Gasteiger partial charge on any atom is 0.273 e. The van der Waals surface area contributed by atoms with Crippen molar-refractivity contribution in [1.29, 1.82) is 0 Å². The lowest BCUT2D eigenvalue weighted by molar-refractivity contribution is 0.0930. The highest BCUT2D eigenvalue weighted by atomic mass is 16.3. The van der Waals surface area contributed by atoms with Gasteiger partial charge in [0.1, 0.15) is 0 Å². The van der Waals surface area contributed by atoms with E-state index in [1.807, 2.05) is 31.2 Å². The monoisotopic (exact) mass is 286 g/mol. The molecule has 1 aliphatic carbocycles. The molecule has 6 nitrogen and oxygen atoms in total. The van der Waals surface area contributed by atoms with Crippen LogP contribution < -0.4 is 5.32 Å². The van der Waals surface area contributed by atoms with Gasteiger partial charge in [0, 0.05) is 12.0 Å². The molecule has 0 aliphatic heterocycles. The van der Waals surface area contributed by atoms with Crippen molar-refractivity contribution in [3.8, 4) is 5.69 Å². The molecule has 0 bridgehead atoms. The molecule has 1 aromatic carbocycles. The number of rotatable bonds is 5. The summed E-state index contributed by atoms with van der Waals surface area (Å²) in [6.07, 6.45) is 3.53. The number of aryl methyl sites for hydroxylation is 1. The minimum absolute atomic E-state index is 0.109. The molecule has 2 N–H and O–H groups in total. The van der Waals surface area contributed by atoms with Crippen LogP contribution in [0.4, 0.5) is 0 Å². The summed E-state index contributed by atoms with van der Waals surface area (Å²) >= 11 is 0. The minimum atomic E-state index is -0.256. The Hall–Kier alpha value is -2.21. The Morgan fingerprint density at radius 3 is 2.95 bits per heavy atom. The molecule has 1 saturated carbocycles. The first-order valence-electron chi connectivity index (χ1n) is 7.00. The summed E-state index contributed by atoms with van der Waals surface area (Å²) in [6.45, 7) is 2.60. The topological polar surface area (TPSA) is 80.0 Å². The fourth-order valence-electron chi connectivity index (χ4n) is 2.19. The quantitative estimate of drug-likeness (QED) is 0.862. The molecule has 6 heteroatoms. The molecule has 0 spiro atoms. The second kappa shape index (κ2) is 5.29. The molecule has 110 valence electrons. The number of aliphatic hydroxyl groups is 1. The van der Waals surface area contributed by atoms with E-state index in [4.69, 9.17) is 0 Å². The fraction of sp³-hybridized carbons (Fsp3) is 0.400. The number of carbonyl (C=O) groups excluding carboxylic acids is 1. The van der Waals surface area contributed by atoms with Crippen LogP contribution in [0, 0.1) is 12.3 Å². The normalized spacial score (nSPS) is 15.7. The first-order chi connectivity index (χ1) is 10.1. The van der Waals surface area contributed by atoms with E-state index in [0.29, 0.717) is 6.54 Å². The van der Waals surface area contributed by atoms with Gasteiger partial charge in [-0.15, -0.1) is 5.10 Å². The van der Waals surface area contributed by atoms with Crippen LogP contribution in [0.25, 0.3) is 5.69 Å². The van der Waals surface area contributed by atoms with E-state index in [1.54, 1.807) is 10.9 Å². The smallest absolute Gasteiger partial charge is 0.273 e. The van der Waals surface area contributed by atoms with Crippen molar-refractivity contribution >= 4 is 5.91 Å². The largest absolute Gasteiger partial charge is 0.396 e. The van der Waals surface area contributed by atoms with Crippen LogP contribution in [0.5, 0.6) is 0 Å². The molecular weight excluding hydrogens is 268 g/mol. The summed E-state index contributed by atoms with van der Waals surface area (Å²) in [4.78, 5) is 12.0. The number of amides is 1. The highest BCUT2D eigenvalue weighted by Gasteiger charge is 2.42. The molecule has 1 aromatic heterocycles. The maximum atomic E-state index is 12.0. The third-order valence-electron chi connectivity index (χ3n) is 3.91. The lowest BCUT2D eigenvalue weighted by Crippen LogP contribution is -2.32. The lowest BCUT2D eigenvalue weighted by atomic mass is 10.1. The zero-order valence-electron chi connectivity index (χ0n) is 11.9. The molecule has 1 amide bonds. The molecule has 2 aromatic rings. The van der Waals surface area contributed by atoms with E-state index >= 15 is 0 Å². The van der Waals surface area contributed by atoms with Crippen LogP contribution in [-0.4, -0.2) is 39.2 Å². The summed E-state index contributed by atoms with van der Waals surface area (Å²) in [5, 5.41) is 19.9. The van der Waals surface area contributed by atoms with Gasteiger partial charge in [0.2, 0.25) is 0 Å². The average Bonchev–Trinajstić information content (AvgIpc) is 3.11. The lowest BCUT2D eigenvalue weighted by Gasteiger charge is -2.11. The summed E-state index contributed by atoms with van der Waals surface area (Å²) in [6, 6.07) is 7.82. The predicted octanol–water partition coefficient (Wildman–Crippen LogP) is 1.08. The van der Waals surface area contributed by atoms with Crippen LogP contribution in [0.3, 0.4) is 0 Å². The molecular formula is C15H18N4O2. The Balaban J connectivity index is 1.68. The van der Waals surface area contributed by atoms with Gasteiger partial charge in [-0.2, -0.15) is 0 Å². The Morgan fingerprint density at radius 1 is 1.48 bits per heavy atom. The second-order valence-electron chi connectivity index (χ2n) is 5.73. The SMILES string of the molecule is Cc1cccc(-n2cc(C(=O)NCC3(CO)CC3)nn2)c1. The number of aliphatic hydroxyl groups excluding tert-OH is 1. The molecule has 0 unspecified atom stereocenters. The zero-order chi connectivity index (χ0) is 14.9. The summed E-state index contributed by atoms with van der Waals surface area (Å²) in [5.41, 5.74) is 2.16. The Labute approximate surface area is 122 Å². The van der Waals surface area contributed by atoms with Gasteiger partial charge in [-0.25, -0.2) is 4.68 Å². The van der Waals surface area contributed by atoms with Crippen molar-refractivity contribution in [3.63, 3.8) is 0 Å². The zero-order valence-corrected chi connectivity index (χ0v) is 11.9. The van der Waals surface area contributed by atoms with Crippen LogP contribution in [0.2, 0.25) is 0 Å². The number of carbonyl (C=O) groups is 1. The Morgan fingerprint density at radius 2 is 2.29 bits per heavy atom. The van der Waals surface area contributed by atoms with Gasteiger partial charge in [-0.05, 0) is 37.5 Å². The van der Waals surface area contributed by atoms with Gasteiger partial charge in [0.25, 0.3) is 5.91 Å². The molecule has 0 atom stereocenters. The third-order valence-corrected chi connectivity index (χ3v) is 3.91. The average molecular weight is 286 g/mol. The van der Waals surface area contributed by atoms with Gasteiger partial charge in [0.15, 0.2) is 5.69 Å². The highest BCUT2D eigenvalue weighted by molar-refractivity contribution is 5.91. The van der Waals surface area contributed by atoms with E-state index in [-0.39, 0.29) is 23.6 Å². The first-order valence-corrected chi connectivity index (χ1v) is 7.00. The van der Waals surface area contributed by atoms with Gasteiger partial charge in [0.05, 0.1) is 18.5 Å². The molecule has 21 heavy (non-hydrogen) atoms. The van der Waals surface area contributed by atoms with Crippen LogP contribution in [0.15, 0.2) is 30.5 Å². The van der Waals surface area contributed by atoms with Crippen molar-refractivity contribution < 1.29 is 9.90 Å². The van der Waals surface area contributed by atoms with Crippen LogP contribution >= 0.6 is 0 Å². The molecule has 1 aliphatic rings. The number of nitrogens with one attached hydrogen (secondary N) is 1. The summed E-state index contributed by atoms with van der Waals surface area (Å²) in [5.74, 6) is -0.256. The van der Waals surface area contributed by atoms with E-state index in [2.05, 4.69) is 15.6 Å². The van der Waals surface area contributed by atoms with Crippen molar-refractivity contribution in [3.05, 3.63) is 41.7 Å². The van der Waals surface area contributed by atoms with Gasteiger partial charge in [-0.3, -0.25) is 4.79 Å². The van der Waals surface area contributed by atoms with E-state index in [9.17, 15) is 9.90 Å². The summed E-state index contributed by atoms with van der Waals surface area (Å²) in [7, 11) is 0. The van der Waals surface area contributed by atoms with Crippen molar-refractivity contribution in [2.24, 2.45) is 5.41 Å². The molecule has 0 saturated heterocycles. The Kier molecular flexibility index (Phi) is 3.47. The molecule has 0 radical (unpaired) electrons. The van der Waals surface area contributed by atoms with Crippen LogP contribution in [-0.2, 0) is 0 Å². The van der Waals surface area contributed by atoms with Gasteiger partial charge < -0.3 is 10.4 Å². The number of hydrogen-bond acceptors (Lipinski definition) is 4.